The van der Waals surface area contributed by atoms with Crippen LogP contribution in [-0.4, -0.2) is 42.2 Å². The molecule has 0 amide bonds. The Balaban J connectivity index is 1.83. The lowest BCUT2D eigenvalue weighted by Gasteiger charge is -2.32. The van der Waals surface area contributed by atoms with Crippen molar-refractivity contribution >= 4 is 10.9 Å². The zero-order valence-corrected chi connectivity index (χ0v) is 11.4. The van der Waals surface area contributed by atoms with E-state index >= 15 is 0 Å². The van der Waals surface area contributed by atoms with Gasteiger partial charge in [-0.2, -0.15) is 0 Å². The molecule has 0 radical (unpaired) electrons. The molecule has 1 aromatic heterocycles. The van der Waals surface area contributed by atoms with Crippen LogP contribution in [0.1, 0.15) is 11.3 Å². The Morgan fingerprint density at radius 3 is 3.11 bits per heavy atom. The summed E-state index contributed by atoms with van der Waals surface area (Å²) in [6, 6.07) is 8.49. The number of morpholine rings is 1. The van der Waals surface area contributed by atoms with E-state index in [2.05, 4.69) is 41.1 Å². The van der Waals surface area contributed by atoms with Crippen molar-refractivity contribution in [3.8, 4) is 0 Å². The fourth-order valence-corrected chi connectivity index (χ4v) is 2.83. The van der Waals surface area contributed by atoms with Crippen LogP contribution in [0.15, 0.2) is 24.3 Å². The number of hydrogen-bond acceptors (Lipinski definition) is 3. The molecule has 4 nitrogen and oxygen atoms in total. The molecule has 1 aromatic carbocycles. The van der Waals surface area contributed by atoms with Crippen molar-refractivity contribution in [1.82, 2.24) is 9.88 Å². The van der Waals surface area contributed by atoms with Crippen LogP contribution < -0.4 is 5.73 Å². The number of ether oxygens (including phenoxy) is 1. The highest BCUT2D eigenvalue weighted by molar-refractivity contribution is 5.84. The van der Waals surface area contributed by atoms with Crippen LogP contribution in [-0.2, 0) is 11.3 Å². The molecule has 0 spiro atoms. The zero-order chi connectivity index (χ0) is 13.2. The van der Waals surface area contributed by atoms with Crippen molar-refractivity contribution in [2.75, 3.05) is 26.2 Å². The Kier molecular flexibility index (Phi) is 3.55. The van der Waals surface area contributed by atoms with E-state index in [9.17, 15) is 0 Å². The first kappa shape index (κ1) is 12.7. The molecule has 3 N–H and O–H groups in total. The maximum absolute atomic E-state index is 5.70. The number of nitrogens with two attached hydrogens (primary N) is 1. The lowest BCUT2D eigenvalue weighted by Crippen LogP contribution is -2.45. The van der Waals surface area contributed by atoms with E-state index in [1.54, 1.807) is 0 Å². The van der Waals surface area contributed by atoms with Gasteiger partial charge >= 0.3 is 0 Å². The topological polar surface area (TPSA) is 54.3 Å². The van der Waals surface area contributed by atoms with Crippen molar-refractivity contribution in [3.63, 3.8) is 0 Å². The number of aromatic nitrogens is 1. The quantitative estimate of drug-likeness (QED) is 0.881. The van der Waals surface area contributed by atoms with E-state index < -0.39 is 0 Å². The Morgan fingerprint density at radius 2 is 2.26 bits per heavy atom. The van der Waals surface area contributed by atoms with Crippen LogP contribution in [0.5, 0.6) is 0 Å². The van der Waals surface area contributed by atoms with Gasteiger partial charge in [-0.25, -0.2) is 0 Å². The number of benzene rings is 1. The van der Waals surface area contributed by atoms with E-state index in [0.717, 1.165) is 26.2 Å². The Labute approximate surface area is 113 Å². The molecule has 2 heterocycles. The third-order valence-electron chi connectivity index (χ3n) is 3.89. The molecule has 1 aliphatic heterocycles. The normalized spacial score (nSPS) is 21.1. The van der Waals surface area contributed by atoms with Gasteiger partial charge in [0, 0.05) is 42.8 Å². The summed E-state index contributed by atoms with van der Waals surface area (Å²) in [5, 5.41) is 1.33. The lowest BCUT2D eigenvalue weighted by molar-refractivity contribution is -0.0259. The summed E-state index contributed by atoms with van der Waals surface area (Å²) in [6.45, 7) is 6.41. The average Bonchev–Trinajstić information content (AvgIpc) is 2.76. The van der Waals surface area contributed by atoms with E-state index in [4.69, 9.17) is 10.5 Å². The van der Waals surface area contributed by atoms with Crippen LogP contribution in [0.25, 0.3) is 10.9 Å². The van der Waals surface area contributed by atoms with Gasteiger partial charge in [-0.05, 0) is 18.6 Å². The van der Waals surface area contributed by atoms with Crippen molar-refractivity contribution in [2.24, 2.45) is 5.73 Å². The number of aryl methyl sites for hydroxylation is 1. The van der Waals surface area contributed by atoms with Crippen LogP contribution in [0.4, 0.5) is 0 Å². The molecule has 0 bridgehead atoms. The van der Waals surface area contributed by atoms with Gasteiger partial charge in [0.1, 0.15) is 0 Å². The first-order chi connectivity index (χ1) is 9.28. The van der Waals surface area contributed by atoms with E-state index in [1.165, 1.54) is 22.2 Å². The van der Waals surface area contributed by atoms with Crippen molar-refractivity contribution in [1.29, 1.82) is 0 Å². The number of fused-ring (bicyclic) bond motifs is 1. The average molecular weight is 259 g/mol. The predicted octanol–water partition coefficient (Wildman–Crippen LogP) is 1.64. The monoisotopic (exact) mass is 259 g/mol. The number of nitrogens with one attached hydrogen (secondary N) is 1. The van der Waals surface area contributed by atoms with Gasteiger partial charge in [0.15, 0.2) is 0 Å². The van der Waals surface area contributed by atoms with E-state index in [1.807, 2.05) is 0 Å². The molecule has 3 rings (SSSR count). The maximum Gasteiger partial charge on any atom is 0.0824 e. The molecule has 1 fully saturated rings. The number of para-hydroxylation sites is 1. The van der Waals surface area contributed by atoms with Gasteiger partial charge in [0.2, 0.25) is 0 Å². The molecule has 1 aliphatic rings. The molecule has 102 valence electrons. The predicted molar refractivity (Wildman–Crippen MR) is 77.1 cm³/mol. The van der Waals surface area contributed by atoms with Gasteiger partial charge in [-0.15, -0.1) is 0 Å². The minimum Gasteiger partial charge on any atom is -0.374 e. The number of aromatic amines is 1. The Hall–Kier alpha value is -1.36. The molecule has 19 heavy (non-hydrogen) atoms. The first-order valence-electron chi connectivity index (χ1n) is 6.88. The van der Waals surface area contributed by atoms with Gasteiger partial charge < -0.3 is 15.5 Å². The maximum atomic E-state index is 5.70. The highest BCUT2D eigenvalue weighted by atomic mass is 16.5. The summed E-state index contributed by atoms with van der Waals surface area (Å²) < 4.78 is 5.62. The number of rotatable bonds is 3. The molecule has 4 heteroatoms. The summed E-state index contributed by atoms with van der Waals surface area (Å²) >= 11 is 0. The van der Waals surface area contributed by atoms with Crippen LogP contribution in [0, 0.1) is 6.92 Å². The third-order valence-corrected chi connectivity index (χ3v) is 3.89. The minimum atomic E-state index is 0.180. The highest BCUT2D eigenvalue weighted by Crippen LogP contribution is 2.23. The standard InChI is InChI=1S/C15H21N3O/c1-11-14(13-4-2-3-5-15(13)17-11)10-18-6-7-19-12(8-16)9-18/h2-5,12,17H,6-10,16H2,1H3. The van der Waals surface area contributed by atoms with Crippen LogP contribution >= 0.6 is 0 Å². The molecule has 1 saturated heterocycles. The van der Waals surface area contributed by atoms with Gasteiger partial charge in [0.25, 0.3) is 0 Å². The number of hydrogen-bond donors (Lipinski definition) is 2. The summed E-state index contributed by atoms with van der Waals surface area (Å²) in [5.74, 6) is 0. The minimum absolute atomic E-state index is 0.180. The SMILES string of the molecule is Cc1[nH]c2ccccc2c1CN1CCOC(CN)C1. The molecule has 0 saturated carbocycles. The second-order valence-corrected chi connectivity index (χ2v) is 5.24. The Morgan fingerprint density at radius 1 is 1.42 bits per heavy atom. The smallest absolute Gasteiger partial charge is 0.0824 e. The summed E-state index contributed by atoms with van der Waals surface area (Å²) in [4.78, 5) is 5.89. The van der Waals surface area contributed by atoms with Crippen molar-refractivity contribution in [2.45, 2.75) is 19.6 Å². The molecule has 0 aliphatic carbocycles. The highest BCUT2D eigenvalue weighted by Gasteiger charge is 2.20. The second kappa shape index (κ2) is 5.33. The largest absolute Gasteiger partial charge is 0.374 e. The summed E-state index contributed by atoms with van der Waals surface area (Å²) in [7, 11) is 0. The number of nitrogens with zero attached hydrogens (tertiary/aromatic N) is 1. The molecular weight excluding hydrogens is 238 g/mol. The second-order valence-electron chi connectivity index (χ2n) is 5.24. The van der Waals surface area contributed by atoms with Crippen LogP contribution in [0.2, 0.25) is 0 Å². The lowest BCUT2D eigenvalue weighted by atomic mass is 10.1. The summed E-state index contributed by atoms with van der Waals surface area (Å²) in [6.07, 6.45) is 0.180. The number of H-pyrrole nitrogens is 1. The molecule has 1 unspecified atom stereocenters. The Bertz CT molecular complexity index is 564. The van der Waals surface area contributed by atoms with Crippen molar-refractivity contribution < 1.29 is 4.74 Å². The van der Waals surface area contributed by atoms with Gasteiger partial charge in [0.05, 0.1) is 12.7 Å². The summed E-state index contributed by atoms with van der Waals surface area (Å²) in [5.41, 5.74) is 9.58. The fraction of sp³-hybridized carbons (Fsp3) is 0.467. The van der Waals surface area contributed by atoms with Crippen LogP contribution in [0.3, 0.4) is 0 Å². The molecular formula is C15H21N3O. The fourth-order valence-electron chi connectivity index (χ4n) is 2.83. The van der Waals surface area contributed by atoms with Gasteiger partial charge in [-0.1, -0.05) is 18.2 Å². The zero-order valence-electron chi connectivity index (χ0n) is 11.4. The van der Waals surface area contributed by atoms with Gasteiger partial charge in [-0.3, -0.25) is 4.90 Å². The first-order valence-corrected chi connectivity index (χ1v) is 6.88. The van der Waals surface area contributed by atoms with E-state index in [-0.39, 0.29) is 6.10 Å². The van der Waals surface area contributed by atoms with E-state index in [0.29, 0.717) is 6.54 Å². The third kappa shape index (κ3) is 2.52. The van der Waals surface area contributed by atoms with Crippen molar-refractivity contribution in [3.05, 3.63) is 35.5 Å². The molecule has 1 atom stereocenters. The molecule has 2 aromatic rings.